The first-order chi connectivity index (χ1) is 15.7. The highest BCUT2D eigenvalue weighted by Gasteiger charge is 2.36. The Bertz CT molecular complexity index is 860. The van der Waals surface area contributed by atoms with Crippen LogP contribution in [0.3, 0.4) is 0 Å². The normalized spacial score (nSPS) is 21.4. The number of β-amino-alcohol motifs (C(OH)–C–C–N with tert-alkyl or cyclic N) is 1. The molecule has 1 amide bonds. The predicted octanol–water partition coefficient (Wildman–Crippen LogP) is 2.99. The Morgan fingerprint density at radius 1 is 1.24 bits per heavy atom. The summed E-state index contributed by atoms with van der Waals surface area (Å²) < 4.78 is 0. The third kappa shape index (κ3) is 8.41. The van der Waals surface area contributed by atoms with Crippen molar-refractivity contribution in [3.8, 4) is 0 Å². The molecule has 0 spiro atoms. The highest BCUT2D eigenvalue weighted by molar-refractivity contribution is 7.99. The average molecular weight is 471 g/mol. The van der Waals surface area contributed by atoms with E-state index in [2.05, 4.69) is 21.3 Å². The maximum Gasteiger partial charge on any atom is 0.237 e. The molecule has 2 aromatic rings. The quantitative estimate of drug-likeness (QED) is 0.522. The Morgan fingerprint density at radius 3 is 2.64 bits per heavy atom. The van der Waals surface area contributed by atoms with Crippen molar-refractivity contribution in [2.75, 3.05) is 13.1 Å². The summed E-state index contributed by atoms with van der Waals surface area (Å²) in [6, 6.07) is 13.4. The van der Waals surface area contributed by atoms with Gasteiger partial charge in [-0.2, -0.15) is 11.8 Å². The van der Waals surface area contributed by atoms with Gasteiger partial charge >= 0.3 is 0 Å². The van der Waals surface area contributed by atoms with Gasteiger partial charge in [-0.15, -0.1) is 0 Å². The summed E-state index contributed by atoms with van der Waals surface area (Å²) in [6.45, 7) is 7.16. The molecule has 4 N–H and O–H groups in total. The third-order valence-electron chi connectivity index (χ3n) is 5.90. The molecule has 180 valence electrons. The van der Waals surface area contributed by atoms with Crippen molar-refractivity contribution in [2.24, 2.45) is 5.73 Å². The standard InChI is InChI=1S/C26H38N4O2S/c1-26(2,3)29-25(32)23-15-21(33-18-20-10-7-12-28-16-20)11-13-30(23)17-24(31)22(27)14-19-8-5-4-6-9-19/h4-10,12,16,21-24,31H,11,13-15,17-18,27H2,1-3H3,(H,29,32)/t21-,22+,23?,24-/m1/s1. The maximum absolute atomic E-state index is 13.2. The molecule has 0 radical (unpaired) electrons. The van der Waals surface area contributed by atoms with E-state index in [1.165, 1.54) is 5.56 Å². The van der Waals surface area contributed by atoms with Crippen LogP contribution in [0.25, 0.3) is 0 Å². The van der Waals surface area contributed by atoms with Crippen molar-refractivity contribution in [2.45, 2.75) is 74.8 Å². The molecule has 1 unspecified atom stereocenters. The molecule has 4 atom stereocenters. The number of hydrogen-bond donors (Lipinski definition) is 3. The summed E-state index contributed by atoms with van der Waals surface area (Å²) in [6.07, 6.45) is 5.33. The molecule has 0 saturated carbocycles. The first-order valence-corrected chi connectivity index (χ1v) is 12.8. The first kappa shape index (κ1) is 25.7. The van der Waals surface area contributed by atoms with Crippen LogP contribution < -0.4 is 11.1 Å². The fourth-order valence-corrected chi connectivity index (χ4v) is 5.36. The Kier molecular flexibility index (Phi) is 9.32. The number of pyridine rings is 1. The topological polar surface area (TPSA) is 91.5 Å². The van der Waals surface area contributed by atoms with Crippen LogP contribution in [0, 0.1) is 0 Å². The van der Waals surface area contributed by atoms with Gasteiger partial charge in [0.15, 0.2) is 0 Å². The number of hydrogen-bond acceptors (Lipinski definition) is 6. The van der Waals surface area contributed by atoms with Crippen LogP contribution in [0.2, 0.25) is 0 Å². The zero-order valence-electron chi connectivity index (χ0n) is 20.0. The lowest BCUT2D eigenvalue weighted by Crippen LogP contribution is -2.58. The maximum atomic E-state index is 13.2. The lowest BCUT2D eigenvalue weighted by atomic mass is 9.96. The minimum Gasteiger partial charge on any atom is -0.390 e. The number of rotatable bonds is 9. The summed E-state index contributed by atoms with van der Waals surface area (Å²) >= 11 is 1.88. The number of carbonyl (C=O) groups is 1. The van der Waals surface area contributed by atoms with E-state index in [1.54, 1.807) is 6.20 Å². The molecule has 3 rings (SSSR count). The number of nitrogens with two attached hydrogens (primary N) is 1. The zero-order chi connectivity index (χ0) is 23.8. The molecular weight excluding hydrogens is 432 g/mol. The SMILES string of the molecule is CC(C)(C)NC(=O)C1C[C@H](SCc2cccnc2)CCN1C[C@@H](O)[C@@H](N)Cc1ccccc1. The van der Waals surface area contributed by atoms with Gasteiger partial charge in [0.05, 0.1) is 12.1 Å². The van der Waals surface area contributed by atoms with E-state index < -0.39 is 6.10 Å². The first-order valence-electron chi connectivity index (χ1n) is 11.8. The number of aliphatic hydroxyl groups excluding tert-OH is 1. The fraction of sp³-hybridized carbons (Fsp3) is 0.538. The van der Waals surface area contributed by atoms with Crippen LogP contribution in [0.15, 0.2) is 54.9 Å². The number of benzene rings is 1. The van der Waals surface area contributed by atoms with Crippen molar-refractivity contribution >= 4 is 17.7 Å². The Balaban J connectivity index is 1.62. The summed E-state index contributed by atoms with van der Waals surface area (Å²) in [5, 5.41) is 14.4. The lowest BCUT2D eigenvalue weighted by Gasteiger charge is -2.41. The van der Waals surface area contributed by atoms with Crippen LogP contribution >= 0.6 is 11.8 Å². The van der Waals surface area contributed by atoms with Gasteiger partial charge in [0.2, 0.25) is 5.91 Å². The van der Waals surface area contributed by atoms with E-state index in [0.717, 1.165) is 30.7 Å². The highest BCUT2D eigenvalue weighted by atomic mass is 32.2. The molecule has 33 heavy (non-hydrogen) atoms. The van der Waals surface area contributed by atoms with Crippen LogP contribution in [-0.4, -0.2) is 63.0 Å². The zero-order valence-corrected chi connectivity index (χ0v) is 20.8. The number of amides is 1. The van der Waals surface area contributed by atoms with Gasteiger partial charge in [-0.1, -0.05) is 36.4 Å². The lowest BCUT2D eigenvalue weighted by molar-refractivity contribution is -0.129. The van der Waals surface area contributed by atoms with Crippen LogP contribution in [0.1, 0.15) is 44.7 Å². The van der Waals surface area contributed by atoms with Gasteiger partial charge in [0.25, 0.3) is 0 Å². The van der Waals surface area contributed by atoms with Crippen molar-refractivity contribution in [1.82, 2.24) is 15.2 Å². The van der Waals surface area contributed by atoms with Crippen molar-refractivity contribution < 1.29 is 9.90 Å². The van der Waals surface area contributed by atoms with Crippen LogP contribution in [-0.2, 0) is 17.0 Å². The number of nitrogens with one attached hydrogen (secondary N) is 1. The number of carbonyl (C=O) groups excluding carboxylic acids is 1. The van der Waals surface area contributed by atoms with E-state index >= 15 is 0 Å². The van der Waals surface area contributed by atoms with Gasteiger partial charge in [0.1, 0.15) is 0 Å². The van der Waals surface area contributed by atoms with Gasteiger partial charge in [-0.05, 0) is 57.2 Å². The summed E-state index contributed by atoms with van der Waals surface area (Å²) in [5.74, 6) is 0.912. The molecule has 1 aliphatic heterocycles. The molecule has 1 fully saturated rings. The number of aromatic nitrogens is 1. The average Bonchev–Trinajstić information content (AvgIpc) is 2.78. The fourth-order valence-electron chi connectivity index (χ4n) is 4.17. The number of thioether (sulfide) groups is 1. The van der Waals surface area contributed by atoms with E-state index in [0.29, 0.717) is 18.2 Å². The summed E-state index contributed by atoms with van der Waals surface area (Å²) in [7, 11) is 0. The third-order valence-corrected chi connectivity index (χ3v) is 7.30. The number of likely N-dealkylation sites (tertiary alicyclic amines) is 1. The van der Waals surface area contributed by atoms with Crippen molar-refractivity contribution in [1.29, 1.82) is 0 Å². The molecule has 1 aliphatic rings. The van der Waals surface area contributed by atoms with E-state index in [9.17, 15) is 9.90 Å². The monoisotopic (exact) mass is 470 g/mol. The highest BCUT2D eigenvalue weighted by Crippen LogP contribution is 2.30. The molecule has 2 heterocycles. The van der Waals surface area contributed by atoms with Gasteiger partial charge in [-0.3, -0.25) is 14.7 Å². The van der Waals surface area contributed by atoms with Gasteiger partial charge < -0.3 is 16.2 Å². The van der Waals surface area contributed by atoms with Gasteiger partial charge in [-0.25, -0.2) is 0 Å². The molecule has 7 heteroatoms. The molecule has 0 aliphatic carbocycles. The second-order valence-electron chi connectivity index (χ2n) is 9.99. The molecule has 0 bridgehead atoms. The minimum absolute atomic E-state index is 0.0259. The smallest absolute Gasteiger partial charge is 0.237 e. The number of aliphatic hydroxyl groups is 1. The second kappa shape index (κ2) is 12.0. The molecule has 1 aromatic heterocycles. The van der Waals surface area contributed by atoms with Crippen molar-refractivity contribution in [3.63, 3.8) is 0 Å². The summed E-state index contributed by atoms with van der Waals surface area (Å²) in [5.41, 5.74) is 8.34. The van der Waals surface area contributed by atoms with E-state index in [1.807, 2.05) is 75.1 Å². The Morgan fingerprint density at radius 2 is 1.97 bits per heavy atom. The van der Waals surface area contributed by atoms with Gasteiger partial charge in [0, 0.05) is 48.1 Å². The molecule has 6 nitrogen and oxygen atoms in total. The van der Waals surface area contributed by atoms with Crippen LogP contribution in [0.5, 0.6) is 0 Å². The van der Waals surface area contributed by atoms with E-state index in [-0.39, 0.29) is 23.5 Å². The predicted molar refractivity (Wildman–Crippen MR) is 136 cm³/mol. The minimum atomic E-state index is -0.699. The van der Waals surface area contributed by atoms with Crippen LogP contribution in [0.4, 0.5) is 0 Å². The molecule has 1 saturated heterocycles. The largest absolute Gasteiger partial charge is 0.390 e. The molecular formula is C26H38N4O2S. The number of nitrogens with zero attached hydrogens (tertiary/aromatic N) is 2. The second-order valence-corrected chi connectivity index (χ2v) is 11.3. The summed E-state index contributed by atoms with van der Waals surface area (Å²) in [4.78, 5) is 19.5. The van der Waals surface area contributed by atoms with Crippen molar-refractivity contribution in [3.05, 3.63) is 66.0 Å². The number of piperidine rings is 1. The van der Waals surface area contributed by atoms with E-state index in [4.69, 9.17) is 5.73 Å². The Labute approximate surface area is 202 Å². The Hall–Kier alpha value is -1.93. The molecule has 1 aromatic carbocycles.